The van der Waals surface area contributed by atoms with Crippen molar-refractivity contribution in [1.29, 1.82) is 0 Å². The number of halogens is 2. The van der Waals surface area contributed by atoms with Crippen molar-refractivity contribution in [3.63, 3.8) is 0 Å². The fourth-order valence-electron chi connectivity index (χ4n) is 3.90. The van der Waals surface area contributed by atoms with E-state index in [1.165, 1.54) is 0 Å². The predicted molar refractivity (Wildman–Crippen MR) is 115 cm³/mol. The second-order valence-electron chi connectivity index (χ2n) is 7.08. The Morgan fingerprint density at radius 3 is 2.55 bits per heavy atom. The average Bonchev–Trinajstić information content (AvgIpc) is 3.19. The first-order chi connectivity index (χ1) is 14.1. The summed E-state index contributed by atoms with van der Waals surface area (Å²) in [4.78, 5) is 0. The van der Waals surface area contributed by atoms with Crippen molar-refractivity contribution >= 4 is 28.9 Å². The van der Waals surface area contributed by atoms with Gasteiger partial charge in [-0.15, -0.1) is 0 Å². The number of ether oxygens (including phenoxy) is 2. The fourth-order valence-corrected chi connectivity index (χ4v) is 4.28. The summed E-state index contributed by atoms with van der Waals surface area (Å²) in [5.74, 6) is 1.65. The molecular weight excluding hydrogens is 407 g/mol. The Labute approximate surface area is 179 Å². The fraction of sp³-hybridized carbons (Fsp3) is 0.174. The van der Waals surface area contributed by atoms with Crippen molar-refractivity contribution in [2.75, 3.05) is 7.11 Å². The van der Waals surface area contributed by atoms with E-state index in [2.05, 4.69) is 0 Å². The molecule has 2 atom stereocenters. The first kappa shape index (κ1) is 18.3. The van der Waals surface area contributed by atoms with Gasteiger partial charge in [-0.25, -0.2) is 5.01 Å². The molecule has 0 bridgehead atoms. The number of benzene rings is 3. The van der Waals surface area contributed by atoms with Gasteiger partial charge in [-0.05, 0) is 60.2 Å². The molecule has 2 heterocycles. The van der Waals surface area contributed by atoms with Gasteiger partial charge in [0.25, 0.3) is 0 Å². The third-order valence-corrected chi connectivity index (χ3v) is 5.78. The lowest BCUT2D eigenvalue weighted by atomic mass is 9.96. The van der Waals surface area contributed by atoms with Crippen molar-refractivity contribution < 1.29 is 9.47 Å². The van der Waals surface area contributed by atoms with Crippen LogP contribution in [0.2, 0.25) is 10.0 Å². The van der Waals surface area contributed by atoms with E-state index in [9.17, 15) is 0 Å². The lowest BCUT2D eigenvalue weighted by Gasteiger charge is -2.38. The van der Waals surface area contributed by atoms with E-state index in [-0.39, 0.29) is 12.3 Å². The maximum atomic E-state index is 6.34. The first-order valence-corrected chi connectivity index (χ1v) is 10.1. The summed E-state index contributed by atoms with van der Waals surface area (Å²) < 4.78 is 11.6. The lowest BCUT2D eigenvalue weighted by Crippen LogP contribution is -2.33. The number of hydrogen-bond acceptors (Lipinski definition) is 4. The average molecular weight is 425 g/mol. The van der Waals surface area contributed by atoms with Gasteiger partial charge in [0.2, 0.25) is 6.23 Å². The summed E-state index contributed by atoms with van der Waals surface area (Å²) in [6.07, 6.45) is 0.406. The molecule has 0 N–H and O–H groups in total. The van der Waals surface area contributed by atoms with Gasteiger partial charge >= 0.3 is 0 Å². The van der Waals surface area contributed by atoms with E-state index < -0.39 is 0 Å². The van der Waals surface area contributed by atoms with Crippen molar-refractivity contribution in [3.8, 4) is 11.5 Å². The Balaban J connectivity index is 1.58. The minimum Gasteiger partial charge on any atom is -0.497 e. The van der Waals surface area contributed by atoms with Crippen LogP contribution in [0.3, 0.4) is 0 Å². The normalized spacial score (nSPS) is 19.8. The first-order valence-electron chi connectivity index (χ1n) is 9.34. The number of hydrogen-bond donors (Lipinski definition) is 0. The standard InChI is InChI=1S/C23H18Cl2N2O2/c1-28-18-8-5-14(6-9-18)20-13-21-19-12-17(25)7-10-22(19)29-23(27(21)26-20)15-3-2-4-16(24)11-15/h2-12,21,23H,13H2,1H3/t21-,23+/m1/s1. The summed E-state index contributed by atoms with van der Waals surface area (Å²) in [6, 6.07) is 21.5. The van der Waals surface area contributed by atoms with E-state index in [0.29, 0.717) is 10.0 Å². The van der Waals surface area contributed by atoms with Crippen LogP contribution >= 0.6 is 23.2 Å². The predicted octanol–water partition coefficient (Wildman–Crippen LogP) is 6.24. The lowest BCUT2D eigenvalue weighted by molar-refractivity contribution is -0.0190. The van der Waals surface area contributed by atoms with E-state index in [1.54, 1.807) is 7.11 Å². The van der Waals surface area contributed by atoms with Crippen molar-refractivity contribution in [2.45, 2.75) is 18.7 Å². The zero-order valence-corrected chi connectivity index (χ0v) is 17.2. The topological polar surface area (TPSA) is 34.1 Å². The van der Waals surface area contributed by atoms with Crippen LogP contribution in [0, 0.1) is 0 Å². The molecule has 0 radical (unpaired) electrons. The molecule has 4 nitrogen and oxygen atoms in total. The summed E-state index contributed by atoms with van der Waals surface area (Å²) >= 11 is 12.5. The minimum atomic E-state index is -0.358. The second kappa shape index (κ2) is 7.29. The largest absolute Gasteiger partial charge is 0.497 e. The van der Waals surface area contributed by atoms with Crippen molar-refractivity contribution in [2.24, 2.45) is 5.10 Å². The van der Waals surface area contributed by atoms with E-state index >= 15 is 0 Å². The van der Waals surface area contributed by atoms with E-state index in [1.807, 2.05) is 71.7 Å². The van der Waals surface area contributed by atoms with Crippen LogP contribution in [0.4, 0.5) is 0 Å². The maximum absolute atomic E-state index is 6.34. The third kappa shape index (κ3) is 3.33. The molecule has 2 aliphatic heterocycles. The maximum Gasteiger partial charge on any atom is 0.213 e. The SMILES string of the molecule is COc1ccc(C2=NN3[C@H](C2)c2cc(Cl)ccc2O[C@H]3c2cccc(Cl)c2)cc1. The van der Waals surface area contributed by atoms with Crippen LogP contribution in [-0.2, 0) is 0 Å². The Hall–Kier alpha value is -2.69. The molecule has 5 rings (SSSR count). The van der Waals surface area contributed by atoms with Crippen molar-refractivity contribution in [3.05, 3.63) is 93.5 Å². The van der Waals surface area contributed by atoms with Gasteiger partial charge < -0.3 is 9.47 Å². The molecule has 3 aromatic carbocycles. The van der Waals surface area contributed by atoms with Gasteiger partial charge in [-0.3, -0.25) is 0 Å². The highest BCUT2D eigenvalue weighted by atomic mass is 35.5. The molecule has 146 valence electrons. The van der Waals surface area contributed by atoms with Gasteiger partial charge in [0.05, 0.1) is 18.9 Å². The van der Waals surface area contributed by atoms with Gasteiger partial charge in [0, 0.05) is 27.6 Å². The summed E-state index contributed by atoms with van der Waals surface area (Å²) in [5.41, 5.74) is 4.07. The summed E-state index contributed by atoms with van der Waals surface area (Å²) in [5, 5.41) is 8.32. The van der Waals surface area contributed by atoms with Crippen molar-refractivity contribution in [1.82, 2.24) is 5.01 Å². The van der Waals surface area contributed by atoms with Crippen LogP contribution in [0.25, 0.3) is 0 Å². The quantitative estimate of drug-likeness (QED) is 0.498. The Bertz CT molecular complexity index is 1100. The molecule has 0 aliphatic carbocycles. The van der Waals surface area contributed by atoms with Crippen LogP contribution < -0.4 is 9.47 Å². The van der Waals surface area contributed by atoms with Crippen LogP contribution in [0.15, 0.2) is 71.8 Å². The van der Waals surface area contributed by atoms with Gasteiger partial charge in [0.15, 0.2) is 0 Å². The number of methoxy groups -OCH3 is 1. The molecule has 0 fully saturated rings. The third-order valence-electron chi connectivity index (χ3n) is 5.31. The molecule has 0 unspecified atom stereocenters. The molecule has 0 aromatic heterocycles. The molecular formula is C23H18Cl2N2O2. The van der Waals surface area contributed by atoms with E-state index in [4.69, 9.17) is 37.8 Å². The Morgan fingerprint density at radius 2 is 1.79 bits per heavy atom. The molecule has 6 heteroatoms. The molecule has 0 amide bonds. The molecule has 0 saturated heterocycles. The molecule has 3 aromatic rings. The van der Waals surface area contributed by atoms with Crippen LogP contribution in [0.5, 0.6) is 11.5 Å². The van der Waals surface area contributed by atoms with Crippen LogP contribution in [-0.4, -0.2) is 17.8 Å². The number of fused-ring (bicyclic) bond motifs is 3. The summed E-state index contributed by atoms with van der Waals surface area (Å²) in [7, 11) is 1.66. The smallest absolute Gasteiger partial charge is 0.213 e. The highest BCUT2D eigenvalue weighted by Gasteiger charge is 2.41. The Morgan fingerprint density at radius 1 is 1.00 bits per heavy atom. The van der Waals surface area contributed by atoms with Crippen LogP contribution in [0.1, 0.15) is 35.4 Å². The zero-order chi connectivity index (χ0) is 20.0. The highest BCUT2D eigenvalue weighted by molar-refractivity contribution is 6.31. The highest BCUT2D eigenvalue weighted by Crippen LogP contribution is 2.48. The molecule has 2 aliphatic rings. The second-order valence-corrected chi connectivity index (χ2v) is 7.96. The number of nitrogens with zero attached hydrogens (tertiary/aromatic N) is 2. The number of rotatable bonds is 3. The minimum absolute atomic E-state index is 0.0403. The van der Waals surface area contributed by atoms with Gasteiger partial charge in [-0.2, -0.15) is 5.10 Å². The Kier molecular flexibility index (Phi) is 4.61. The van der Waals surface area contributed by atoms with Gasteiger partial charge in [-0.1, -0.05) is 35.3 Å². The monoisotopic (exact) mass is 424 g/mol. The number of hydrazone groups is 1. The molecule has 29 heavy (non-hydrogen) atoms. The zero-order valence-electron chi connectivity index (χ0n) is 15.7. The molecule has 0 spiro atoms. The van der Waals surface area contributed by atoms with E-state index in [0.717, 1.165) is 40.3 Å². The van der Waals surface area contributed by atoms with Gasteiger partial charge in [0.1, 0.15) is 11.5 Å². The summed E-state index contributed by atoms with van der Waals surface area (Å²) in [6.45, 7) is 0. The molecule has 0 saturated carbocycles.